The third-order valence-corrected chi connectivity index (χ3v) is 14.1. The molecule has 0 saturated carbocycles. The van der Waals surface area contributed by atoms with Crippen molar-refractivity contribution in [1.29, 1.82) is 0 Å². The van der Waals surface area contributed by atoms with Crippen LogP contribution < -0.4 is 10.1 Å². The summed E-state index contributed by atoms with van der Waals surface area (Å²) in [5, 5.41) is 66.8. The third kappa shape index (κ3) is 11.5. The van der Waals surface area contributed by atoms with E-state index in [1.165, 1.54) is 59.4 Å². The molecular formula is C46H65N4O16P. The summed E-state index contributed by atoms with van der Waals surface area (Å²) >= 11 is 0. The normalized spacial score (nSPS) is 32.7. The molecule has 5 aliphatic heterocycles. The number of piperazine rings is 1. The quantitative estimate of drug-likeness (QED) is 0.0519. The molecule has 5 heterocycles. The number of aliphatic hydroxyl groups excluding tert-OH is 2. The van der Waals surface area contributed by atoms with Crippen LogP contribution in [0.25, 0.3) is 10.8 Å². The molecule has 2 aromatic carbocycles. The van der Waals surface area contributed by atoms with Crippen molar-refractivity contribution >= 4 is 47.9 Å². The number of ketones is 1. The summed E-state index contributed by atoms with van der Waals surface area (Å²) in [5.74, 6) is -9.16. The van der Waals surface area contributed by atoms with Crippen molar-refractivity contribution in [3.8, 4) is 23.0 Å². The molecule has 0 aromatic heterocycles. The fourth-order valence-electron chi connectivity index (χ4n) is 8.45. The Morgan fingerprint density at radius 1 is 0.940 bits per heavy atom. The SMILES string of the molecule is CO[C@H]1/C=C/O[C@@]2(C)Oc3c(C)c(O)c4c(O)c(c(/C=N/N5CCN(C)CC5)c(O)c4c3C2=O)NC(=O)/C(C)=C\C=C\[C@H](C)[C@H](O)[C@@H](C)[C@@H](O)[C@@H](C)[C@H](OC(C)=O)[C@@H]1C.C[C@@H]1O[C@@H]1P(=O)(O)O. The number of nitrogens with zero attached hydrogens (tertiary/aromatic N) is 3. The number of epoxide rings is 1. The van der Waals surface area contributed by atoms with Crippen molar-refractivity contribution in [3.63, 3.8) is 0 Å². The van der Waals surface area contributed by atoms with Gasteiger partial charge in [0, 0.05) is 87.3 Å². The van der Waals surface area contributed by atoms with Gasteiger partial charge in [-0.2, -0.15) is 5.10 Å². The minimum absolute atomic E-state index is 0.0559. The number of carbonyl (C=O) groups is 3. The van der Waals surface area contributed by atoms with Gasteiger partial charge in [-0.05, 0) is 33.9 Å². The van der Waals surface area contributed by atoms with Crippen LogP contribution in [0.2, 0.25) is 0 Å². The summed E-state index contributed by atoms with van der Waals surface area (Å²) in [6.07, 6.45) is 4.61. The predicted molar refractivity (Wildman–Crippen MR) is 247 cm³/mol. The Morgan fingerprint density at radius 2 is 1.57 bits per heavy atom. The molecular weight excluding hydrogens is 895 g/mol. The number of allylic oxidation sites excluding steroid dienone is 2. The van der Waals surface area contributed by atoms with Crippen molar-refractivity contribution in [3.05, 3.63) is 52.8 Å². The molecule has 5 bridgehead atoms. The first kappa shape index (κ1) is 52.9. The highest BCUT2D eigenvalue weighted by atomic mass is 31.2. The van der Waals surface area contributed by atoms with Gasteiger partial charge in [0.05, 0.1) is 59.1 Å². The van der Waals surface area contributed by atoms with Crippen LogP contribution in [-0.2, 0) is 33.1 Å². The lowest BCUT2D eigenvalue weighted by molar-refractivity contribution is -0.160. The molecule has 2 saturated heterocycles. The van der Waals surface area contributed by atoms with E-state index in [0.29, 0.717) is 13.1 Å². The van der Waals surface area contributed by atoms with E-state index in [1.807, 2.05) is 7.05 Å². The fraction of sp³-hybridized carbons (Fsp3) is 0.565. The number of Topliss-reactive ketones (excluding diaryl/α,β-unsaturated/α-hetero) is 1. The van der Waals surface area contributed by atoms with Crippen LogP contribution >= 0.6 is 7.60 Å². The Kier molecular flexibility index (Phi) is 16.6. The number of methoxy groups -OCH3 is 1. The second-order valence-electron chi connectivity index (χ2n) is 17.9. The Hall–Kier alpha value is -5.05. The number of likely N-dealkylation sites (N-methyl/N-ethyl adjacent to an activating group) is 1. The molecule has 11 atom stereocenters. The Bertz CT molecular complexity index is 2370. The molecule has 8 N–H and O–H groups in total. The first-order valence-corrected chi connectivity index (χ1v) is 23.7. The van der Waals surface area contributed by atoms with Crippen LogP contribution in [0.3, 0.4) is 0 Å². The largest absolute Gasteiger partial charge is 0.507 e. The summed E-state index contributed by atoms with van der Waals surface area (Å²) < 4.78 is 38.3. The molecule has 0 radical (unpaired) electrons. The molecule has 67 heavy (non-hydrogen) atoms. The van der Waals surface area contributed by atoms with E-state index in [4.69, 9.17) is 28.7 Å². The van der Waals surface area contributed by atoms with E-state index in [2.05, 4.69) is 20.1 Å². The van der Waals surface area contributed by atoms with Gasteiger partial charge in [-0.1, -0.05) is 45.9 Å². The van der Waals surface area contributed by atoms with E-state index in [0.717, 1.165) is 13.1 Å². The van der Waals surface area contributed by atoms with Gasteiger partial charge in [0.25, 0.3) is 11.7 Å². The number of hydrogen-bond donors (Lipinski definition) is 8. The van der Waals surface area contributed by atoms with Gasteiger partial charge in [0.2, 0.25) is 0 Å². The van der Waals surface area contributed by atoms with E-state index >= 15 is 0 Å². The van der Waals surface area contributed by atoms with Crippen LogP contribution in [0.5, 0.6) is 23.0 Å². The van der Waals surface area contributed by atoms with Gasteiger partial charge >= 0.3 is 19.4 Å². The number of hydrogen-bond acceptors (Lipinski definition) is 17. The number of phenolic OH excluding ortho intramolecular Hbond substituents is 3. The van der Waals surface area contributed by atoms with E-state index in [-0.39, 0.29) is 50.6 Å². The summed E-state index contributed by atoms with van der Waals surface area (Å²) in [7, 11) is -0.484. The second-order valence-corrected chi connectivity index (χ2v) is 19.6. The molecule has 5 aliphatic rings. The molecule has 21 heteroatoms. The number of benzene rings is 2. The number of amides is 1. The number of nitrogens with one attached hydrogen (secondary N) is 1. The van der Waals surface area contributed by atoms with Gasteiger partial charge in [-0.25, -0.2) is 0 Å². The number of carbonyl (C=O) groups excluding carboxylic acids is 3. The highest BCUT2D eigenvalue weighted by molar-refractivity contribution is 7.52. The zero-order chi connectivity index (χ0) is 50.0. The average molecular weight is 961 g/mol. The summed E-state index contributed by atoms with van der Waals surface area (Å²) in [4.78, 5) is 59.3. The Labute approximate surface area is 389 Å². The number of phenols is 3. The molecule has 2 aromatic rings. The number of anilines is 1. The number of esters is 1. The lowest BCUT2D eigenvalue weighted by Crippen LogP contribution is -2.46. The zero-order valence-corrected chi connectivity index (χ0v) is 40.6. The van der Waals surface area contributed by atoms with Crippen LogP contribution in [0.4, 0.5) is 5.69 Å². The molecule has 1 amide bonds. The van der Waals surface area contributed by atoms with Crippen molar-refractivity contribution in [2.45, 2.75) is 104 Å². The molecule has 7 rings (SSSR count). The lowest BCUT2D eigenvalue weighted by Gasteiger charge is -2.38. The topological polar surface area (TPSA) is 290 Å². The lowest BCUT2D eigenvalue weighted by atomic mass is 9.78. The van der Waals surface area contributed by atoms with Crippen molar-refractivity contribution in [2.24, 2.45) is 28.8 Å². The van der Waals surface area contributed by atoms with Crippen LogP contribution in [0.1, 0.15) is 76.9 Å². The third-order valence-electron chi connectivity index (χ3n) is 12.9. The van der Waals surface area contributed by atoms with Crippen molar-refractivity contribution in [1.82, 2.24) is 9.91 Å². The maximum atomic E-state index is 14.4. The molecule has 2 fully saturated rings. The van der Waals surface area contributed by atoms with Crippen molar-refractivity contribution < 1.29 is 78.0 Å². The zero-order valence-electron chi connectivity index (χ0n) is 39.7. The first-order chi connectivity index (χ1) is 31.2. The van der Waals surface area contributed by atoms with Crippen LogP contribution in [0.15, 0.2) is 41.2 Å². The summed E-state index contributed by atoms with van der Waals surface area (Å²) in [6.45, 7) is 16.7. The fourth-order valence-corrected chi connectivity index (χ4v) is 9.35. The number of hydrazone groups is 1. The number of aliphatic hydroxyl groups is 2. The van der Waals surface area contributed by atoms with Gasteiger partial charge in [-0.15, -0.1) is 0 Å². The molecule has 20 nitrogen and oxygen atoms in total. The average Bonchev–Trinajstić information content (AvgIpc) is 3.97. The molecule has 0 unspecified atom stereocenters. The minimum atomic E-state index is -3.90. The van der Waals surface area contributed by atoms with Gasteiger partial charge in [0.15, 0.2) is 11.6 Å². The second kappa shape index (κ2) is 21.1. The molecule has 0 spiro atoms. The van der Waals surface area contributed by atoms with Gasteiger partial charge in [0.1, 0.15) is 23.4 Å². The minimum Gasteiger partial charge on any atom is -0.507 e. The predicted octanol–water partition coefficient (Wildman–Crippen LogP) is 4.24. The highest BCUT2D eigenvalue weighted by Gasteiger charge is 2.50. The Morgan fingerprint density at radius 3 is 2.12 bits per heavy atom. The first-order valence-electron chi connectivity index (χ1n) is 22.0. The number of fused-ring (bicyclic) bond motifs is 14. The molecule has 0 aliphatic carbocycles. The Balaban J connectivity index is 0.000000948. The van der Waals surface area contributed by atoms with Crippen molar-refractivity contribution in [2.75, 3.05) is 45.7 Å². The van der Waals surface area contributed by atoms with Crippen LogP contribution in [-0.4, -0.2) is 152 Å². The summed E-state index contributed by atoms with van der Waals surface area (Å²) in [5.41, 5.74) is -0.350. The maximum absolute atomic E-state index is 14.4. The number of aromatic hydroxyl groups is 3. The summed E-state index contributed by atoms with van der Waals surface area (Å²) in [6, 6.07) is 0. The maximum Gasteiger partial charge on any atom is 0.356 e. The van der Waals surface area contributed by atoms with E-state index in [1.54, 1.807) is 51.8 Å². The van der Waals surface area contributed by atoms with Gasteiger partial charge < -0.3 is 69.2 Å². The van der Waals surface area contributed by atoms with E-state index in [9.17, 15) is 44.5 Å². The van der Waals surface area contributed by atoms with E-state index < -0.39 is 102 Å². The standard InChI is InChI=1S/C43H58N4O12.C3H7O4P/c1-21-12-11-13-22(2)42(55)45-33-28(20-44-47-17-15-46(9)16-18-47)37(52)30-31(38(33)53)36(51)26(6)40-32(30)41(54)43(8,59-40)57-19-14-29(56-10)23(3)39(58-27(7)48)25(5)35(50)24(4)34(21)49;1-2-3(7-2)8(4,5)6/h11-14,19-21,23-25,29,34-35,39,49-53H,15-18H2,1-10H3,(H,45,55);2-3H,1H3,(H2,4,5,6)/b12-11+,19-14+,22-13-,44-20+;/t21-,23+,24+,25+,29-,34-,35+,39+,43-;2-,3+/m00/s1. The smallest absolute Gasteiger partial charge is 0.356 e. The number of rotatable bonds is 5. The van der Waals surface area contributed by atoms with Gasteiger partial charge in [-0.3, -0.25) is 24.0 Å². The monoisotopic (exact) mass is 960 g/mol. The van der Waals surface area contributed by atoms with Crippen LogP contribution in [0, 0.1) is 30.6 Å². The molecule has 370 valence electrons. The highest BCUT2D eigenvalue weighted by Crippen LogP contribution is 2.55. The number of ether oxygens (including phenoxy) is 5.